The number of rotatable bonds is 5. The zero-order valence-corrected chi connectivity index (χ0v) is 11.8. The number of phenolic OH excluding ortho intramolecular Hbond substituents is 1. The molecular formula is C17H14O5. The Bertz CT molecular complexity index is 729. The molecule has 0 bridgehead atoms. The highest BCUT2D eigenvalue weighted by Gasteiger charge is 2.07. The maximum atomic E-state index is 12.1. The fourth-order valence-corrected chi connectivity index (χ4v) is 1.84. The van der Waals surface area contributed by atoms with E-state index in [1.165, 1.54) is 43.5 Å². The second-order valence-electron chi connectivity index (χ2n) is 4.51. The van der Waals surface area contributed by atoms with E-state index in [-0.39, 0.29) is 22.8 Å². The summed E-state index contributed by atoms with van der Waals surface area (Å²) in [6.07, 6.45) is 2.97. The van der Waals surface area contributed by atoms with Crippen molar-refractivity contribution in [2.24, 2.45) is 0 Å². The number of ether oxygens (including phenoxy) is 1. The zero-order valence-electron chi connectivity index (χ0n) is 11.8. The molecule has 2 aromatic carbocycles. The minimum atomic E-state index is -0.997. The Hall–Kier alpha value is -3.08. The lowest BCUT2D eigenvalue weighted by Crippen LogP contribution is -1.96. The van der Waals surface area contributed by atoms with E-state index in [0.717, 1.165) is 0 Å². The Morgan fingerprint density at radius 2 is 1.68 bits per heavy atom. The number of aromatic carboxylic acids is 1. The Morgan fingerprint density at radius 3 is 2.27 bits per heavy atom. The maximum absolute atomic E-state index is 12.1. The number of carbonyl (C=O) groups is 2. The summed E-state index contributed by atoms with van der Waals surface area (Å²) >= 11 is 0. The van der Waals surface area contributed by atoms with Gasteiger partial charge in [0.05, 0.1) is 12.7 Å². The van der Waals surface area contributed by atoms with Gasteiger partial charge in [0.1, 0.15) is 0 Å². The molecule has 22 heavy (non-hydrogen) atoms. The summed E-state index contributed by atoms with van der Waals surface area (Å²) in [4.78, 5) is 22.8. The van der Waals surface area contributed by atoms with Crippen LogP contribution in [0.2, 0.25) is 0 Å². The quantitative estimate of drug-likeness (QED) is 0.655. The van der Waals surface area contributed by atoms with Gasteiger partial charge in [0.2, 0.25) is 0 Å². The van der Waals surface area contributed by atoms with Gasteiger partial charge >= 0.3 is 5.97 Å². The third kappa shape index (κ3) is 3.52. The van der Waals surface area contributed by atoms with Gasteiger partial charge in [0.25, 0.3) is 0 Å². The number of methoxy groups -OCH3 is 1. The summed E-state index contributed by atoms with van der Waals surface area (Å²) in [6, 6.07) is 10.5. The van der Waals surface area contributed by atoms with Gasteiger partial charge in [-0.05, 0) is 42.0 Å². The molecule has 0 saturated heterocycles. The van der Waals surface area contributed by atoms with E-state index in [9.17, 15) is 14.7 Å². The van der Waals surface area contributed by atoms with Crippen LogP contribution in [0.15, 0.2) is 48.5 Å². The van der Waals surface area contributed by atoms with Crippen LogP contribution in [0.5, 0.6) is 11.5 Å². The number of carboxylic acids is 1. The van der Waals surface area contributed by atoms with Gasteiger partial charge in [-0.1, -0.05) is 18.2 Å². The van der Waals surface area contributed by atoms with Crippen LogP contribution in [0.4, 0.5) is 0 Å². The van der Waals surface area contributed by atoms with Crippen molar-refractivity contribution in [2.75, 3.05) is 7.11 Å². The molecule has 0 heterocycles. The highest BCUT2D eigenvalue weighted by molar-refractivity contribution is 6.07. The van der Waals surface area contributed by atoms with Gasteiger partial charge in [0, 0.05) is 5.56 Å². The van der Waals surface area contributed by atoms with E-state index in [2.05, 4.69) is 0 Å². The molecular weight excluding hydrogens is 284 g/mol. The van der Waals surface area contributed by atoms with Gasteiger partial charge in [-0.15, -0.1) is 0 Å². The summed E-state index contributed by atoms with van der Waals surface area (Å²) in [5.74, 6) is -1.05. The molecule has 2 aromatic rings. The Morgan fingerprint density at radius 1 is 1.05 bits per heavy atom. The van der Waals surface area contributed by atoms with Crippen LogP contribution < -0.4 is 4.74 Å². The first kappa shape index (κ1) is 15.3. The van der Waals surface area contributed by atoms with Crippen molar-refractivity contribution in [1.29, 1.82) is 0 Å². The smallest absolute Gasteiger partial charge is 0.335 e. The molecule has 0 amide bonds. The Balaban J connectivity index is 2.15. The van der Waals surface area contributed by atoms with Gasteiger partial charge < -0.3 is 14.9 Å². The number of benzene rings is 2. The van der Waals surface area contributed by atoms with E-state index in [0.29, 0.717) is 11.1 Å². The molecule has 112 valence electrons. The third-order valence-electron chi connectivity index (χ3n) is 3.05. The van der Waals surface area contributed by atoms with E-state index >= 15 is 0 Å². The summed E-state index contributed by atoms with van der Waals surface area (Å²) in [6.45, 7) is 0. The third-order valence-corrected chi connectivity index (χ3v) is 3.05. The van der Waals surface area contributed by atoms with Crippen LogP contribution in [0.1, 0.15) is 26.3 Å². The van der Waals surface area contributed by atoms with Crippen LogP contribution in [0.3, 0.4) is 0 Å². The number of carbonyl (C=O) groups excluding carboxylic acids is 1. The molecule has 2 N–H and O–H groups in total. The predicted molar refractivity (Wildman–Crippen MR) is 81.4 cm³/mol. The van der Waals surface area contributed by atoms with Crippen LogP contribution in [-0.2, 0) is 0 Å². The minimum absolute atomic E-state index is 0.0349. The van der Waals surface area contributed by atoms with Crippen molar-refractivity contribution in [3.8, 4) is 11.5 Å². The first-order chi connectivity index (χ1) is 10.5. The molecule has 0 radical (unpaired) electrons. The summed E-state index contributed by atoms with van der Waals surface area (Å²) in [5, 5.41) is 18.3. The lowest BCUT2D eigenvalue weighted by Gasteiger charge is -2.04. The largest absolute Gasteiger partial charge is 0.504 e. The fraction of sp³-hybridized carbons (Fsp3) is 0.0588. The number of allylic oxidation sites excluding steroid dienone is 1. The normalized spacial score (nSPS) is 10.6. The Kier molecular flexibility index (Phi) is 4.58. The minimum Gasteiger partial charge on any atom is -0.504 e. The molecule has 0 unspecified atom stereocenters. The van der Waals surface area contributed by atoms with Crippen molar-refractivity contribution >= 4 is 17.8 Å². The van der Waals surface area contributed by atoms with Gasteiger partial charge in [-0.25, -0.2) is 4.79 Å². The topological polar surface area (TPSA) is 83.8 Å². The predicted octanol–water partition coefficient (Wildman–Crippen LogP) is 3.00. The molecule has 5 heteroatoms. The highest BCUT2D eigenvalue weighted by atomic mass is 16.5. The molecule has 0 aliphatic carbocycles. The summed E-state index contributed by atoms with van der Waals surface area (Å²) < 4.78 is 4.95. The second-order valence-corrected chi connectivity index (χ2v) is 4.51. The van der Waals surface area contributed by atoms with Crippen LogP contribution in [0, 0.1) is 0 Å². The van der Waals surface area contributed by atoms with Gasteiger partial charge in [0.15, 0.2) is 17.3 Å². The second kappa shape index (κ2) is 6.58. The summed E-state index contributed by atoms with van der Waals surface area (Å²) in [7, 11) is 1.41. The van der Waals surface area contributed by atoms with Gasteiger partial charge in [-0.2, -0.15) is 0 Å². The standard InChI is InChI=1S/C17H14O5/c1-22-16-10-13(7-9-15(16)19)14(18)8-4-11-2-5-12(6-3-11)17(20)21/h2-10,19H,1H3,(H,20,21)/b8-4+. The SMILES string of the molecule is COc1cc(C(=O)/C=C/c2ccc(C(=O)O)cc2)ccc1O. The van der Waals surface area contributed by atoms with Crippen molar-refractivity contribution < 1.29 is 24.5 Å². The Labute approximate surface area is 127 Å². The molecule has 2 rings (SSSR count). The highest BCUT2D eigenvalue weighted by Crippen LogP contribution is 2.26. The van der Waals surface area contributed by atoms with E-state index in [1.54, 1.807) is 18.2 Å². The lowest BCUT2D eigenvalue weighted by molar-refractivity contribution is 0.0696. The first-order valence-corrected chi connectivity index (χ1v) is 6.44. The van der Waals surface area contributed by atoms with Crippen LogP contribution in [0.25, 0.3) is 6.08 Å². The average Bonchev–Trinajstić information content (AvgIpc) is 2.53. The maximum Gasteiger partial charge on any atom is 0.335 e. The average molecular weight is 298 g/mol. The number of phenols is 1. The van der Waals surface area contributed by atoms with Crippen molar-refractivity contribution in [3.63, 3.8) is 0 Å². The number of hydrogen-bond acceptors (Lipinski definition) is 4. The monoisotopic (exact) mass is 298 g/mol. The van der Waals surface area contributed by atoms with Crippen LogP contribution in [-0.4, -0.2) is 29.1 Å². The molecule has 5 nitrogen and oxygen atoms in total. The lowest BCUT2D eigenvalue weighted by atomic mass is 10.1. The molecule has 0 saturated carbocycles. The number of hydrogen-bond donors (Lipinski definition) is 2. The van der Waals surface area contributed by atoms with E-state index < -0.39 is 5.97 Å². The van der Waals surface area contributed by atoms with Crippen LogP contribution >= 0.6 is 0 Å². The number of carboxylic acid groups (broad SMARTS) is 1. The molecule has 0 spiro atoms. The molecule has 0 aromatic heterocycles. The molecule has 0 fully saturated rings. The first-order valence-electron chi connectivity index (χ1n) is 6.44. The van der Waals surface area contributed by atoms with Crippen molar-refractivity contribution in [1.82, 2.24) is 0 Å². The zero-order chi connectivity index (χ0) is 16.1. The van der Waals surface area contributed by atoms with Crippen molar-refractivity contribution in [3.05, 3.63) is 65.2 Å². The number of aromatic hydroxyl groups is 1. The molecule has 0 aliphatic rings. The number of ketones is 1. The van der Waals surface area contributed by atoms with E-state index in [1.807, 2.05) is 0 Å². The van der Waals surface area contributed by atoms with E-state index in [4.69, 9.17) is 9.84 Å². The van der Waals surface area contributed by atoms with Gasteiger partial charge in [-0.3, -0.25) is 4.79 Å². The molecule has 0 aliphatic heterocycles. The fourth-order valence-electron chi connectivity index (χ4n) is 1.84. The summed E-state index contributed by atoms with van der Waals surface area (Å²) in [5.41, 5.74) is 1.28. The van der Waals surface area contributed by atoms with Crippen molar-refractivity contribution in [2.45, 2.75) is 0 Å². The molecule has 0 atom stereocenters.